The number of non-ortho nitro benzene ring substituents is 1. The van der Waals surface area contributed by atoms with Crippen LogP contribution in [0, 0.1) is 10.1 Å². The Morgan fingerprint density at radius 3 is 2.59 bits per heavy atom. The molecule has 8 nitrogen and oxygen atoms in total. The van der Waals surface area contributed by atoms with Gasteiger partial charge in [0.25, 0.3) is 11.6 Å². The van der Waals surface area contributed by atoms with Crippen LogP contribution in [0.15, 0.2) is 52.9 Å². The second-order valence-electron chi connectivity index (χ2n) is 7.42. The highest BCUT2D eigenvalue weighted by molar-refractivity contribution is 5.95. The number of nitrogens with zero attached hydrogens (tertiary/aromatic N) is 4. The van der Waals surface area contributed by atoms with E-state index in [1.807, 2.05) is 0 Å². The molecule has 2 heterocycles. The minimum atomic E-state index is -4.43. The van der Waals surface area contributed by atoms with E-state index in [0.29, 0.717) is 24.9 Å². The summed E-state index contributed by atoms with van der Waals surface area (Å²) in [5.41, 5.74) is -0.362. The number of hydrogen-bond donors (Lipinski definition) is 0. The number of benzene rings is 2. The lowest BCUT2D eigenvalue weighted by molar-refractivity contribution is -0.384. The molecule has 0 bridgehead atoms. The van der Waals surface area contributed by atoms with Crippen molar-refractivity contribution in [2.45, 2.75) is 24.9 Å². The molecule has 4 rings (SSSR count). The minimum absolute atomic E-state index is 0.0934. The summed E-state index contributed by atoms with van der Waals surface area (Å²) in [6.45, 7) is 0.772. The van der Waals surface area contributed by atoms with E-state index in [0.717, 1.165) is 12.1 Å². The highest BCUT2D eigenvalue weighted by atomic mass is 19.4. The summed E-state index contributed by atoms with van der Waals surface area (Å²) in [6.07, 6.45) is -3.08. The number of amides is 1. The van der Waals surface area contributed by atoms with Crippen LogP contribution in [-0.4, -0.2) is 39.0 Å². The molecule has 0 radical (unpaired) electrons. The van der Waals surface area contributed by atoms with Crippen LogP contribution in [-0.2, 0) is 6.18 Å². The number of piperidine rings is 1. The van der Waals surface area contributed by atoms with Crippen LogP contribution in [0.2, 0.25) is 0 Å². The summed E-state index contributed by atoms with van der Waals surface area (Å²) in [5, 5.41) is 18.9. The van der Waals surface area contributed by atoms with Gasteiger partial charge in [0.2, 0.25) is 11.8 Å². The third kappa shape index (κ3) is 4.46. The van der Waals surface area contributed by atoms with E-state index in [4.69, 9.17) is 4.42 Å². The summed E-state index contributed by atoms with van der Waals surface area (Å²) < 4.78 is 43.9. The summed E-state index contributed by atoms with van der Waals surface area (Å²) in [4.78, 5) is 24.8. The van der Waals surface area contributed by atoms with E-state index >= 15 is 0 Å². The van der Waals surface area contributed by atoms with E-state index < -0.39 is 16.7 Å². The van der Waals surface area contributed by atoms with Gasteiger partial charge in [-0.25, -0.2) is 0 Å². The van der Waals surface area contributed by atoms with Gasteiger partial charge in [-0.3, -0.25) is 14.9 Å². The van der Waals surface area contributed by atoms with Gasteiger partial charge in [0.15, 0.2) is 0 Å². The van der Waals surface area contributed by atoms with Crippen molar-refractivity contribution in [3.63, 3.8) is 0 Å². The van der Waals surface area contributed by atoms with E-state index in [1.54, 1.807) is 4.90 Å². The number of rotatable bonds is 4. The third-order valence-corrected chi connectivity index (χ3v) is 5.26. The molecule has 1 saturated heterocycles. The Hall–Kier alpha value is -3.76. The van der Waals surface area contributed by atoms with Gasteiger partial charge in [-0.1, -0.05) is 6.07 Å². The largest absolute Gasteiger partial charge is 0.420 e. The molecule has 166 valence electrons. The lowest BCUT2D eigenvalue weighted by atomic mass is 9.97. The fraction of sp³-hybridized carbons (Fsp3) is 0.286. The fourth-order valence-corrected chi connectivity index (χ4v) is 3.62. The molecule has 2 aromatic carbocycles. The van der Waals surface area contributed by atoms with Crippen LogP contribution in [0.4, 0.5) is 18.9 Å². The SMILES string of the molecule is O=C(c1cccc([N+](=O)[O-])c1)N1CCCC(c2nnc(-c3ccc(C(F)(F)F)cc3)o2)C1. The van der Waals surface area contributed by atoms with E-state index in [-0.39, 0.29) is 41.4 Å². The van der Waals surface area contributed by atoms with Crippen molar-refractivity contribution in [1.29, 1.82) is 0 Å². The Kier molecular flexibility index (Phi) is 5.64. The monoisotopic (exact) mass is 446 g/mol. The molecule has 32 heavy (non-hydrogen) atoms. The number of nitro groups is 1. The summed E-state index contributed by atoms with van der Waals surface area (Å²) in [7, 11) is 0. The predicted octanol–water partition coefficient (Wildman–Crippen LogP) is 4.68. The normalized spacial score (nSPS) is 16.7. The van der Waals surface area contributed by atoms with Gasteiger partial charge in [0.05, 0.1) is 16.4 Å². The smallest absolute Gasteiger partial charge is 0.416 e. The van der Waals surface area contributed by atoms with Crippen molar-refractivity contribution in [2.75, 3.05) is 13.1 Å². The zero-order valence-corrected chi connectivity index (χ0v) is 16.6. The van der Waals surface area contributed by atoms with Crippen LogP contribution in [0.1, 0.15) is 40.6 Å². The molecule has 0 N–H and O–H groups in total. The van der Waals surface area contributed by atoms with E-state index in [2.05, 4.69) is 10.2 Å². The molecule has 0 saturated carbocycles. The fourth-order valence-electron chi connectivity index (χ4n) is 3.62. The Labute approximate surface area is 179 Å². The number of hydrogen-bond acceptors (Lipinski definition) is 6. The van der Waals surface area contributed by atoms with Gasteiger partial charge in [0.1, 0.15) is 0 Å². The van der Waals surface area contributed by atoms with Crippen molar-refractivity contribution in [3.8, 4) is 11.5 Å². The predicted molar refractivity (Wildman–Crippen MR) is 106 cm³/mol. The lowest BCUT2D eigenvalue weighted by Gasteiger charge is -2.31. The van der Waals surface area contributed by atoms with E-state index in [1.165, 1.54) is 36.4 Å². The first-order valence-corrected chi connectivity index (χ1v) is 9.77. The maximum Gasteiger partial charge on any atom is 0.416 e. The second-order valence-corrected chi connectivity index (χ2v) is 7.42. The number of nitro benzene ring substituents is 1. The van der Waals surface area contributed by atoms with Gasteiger partial charge < -0.3 is 9.32 Å². The number of halogens is 3. The molecule has 3 aromatic rings. The molecule has 1 fully saturated rings. The molecule has 0 aliphatic carbocycles. The van der Waals surface area contributed by atoms with Crippen LogP contribution in [0.25, 0.3) is 11.5 Å². The number of carbonyl (C=O) groups excluding carboxylic acids is 1. The number of likely N-dealkylation sites (tertiary alicyclic amines) is 1. The standard InChI is InChI=1S/C21H17F3N4O4/c22-21(23,24)16-8-6-13(7-9-16)18-25-26-19(32-18)15-4-2-10-27(12-15)20(29)14-3-1-5-17(11-14)28(30)31/h1,3,5-9,11,15H,2,4,10,12H2. The van der Waals surface area contributed by atoms with Gasteiger partial charge in [-0.15, -0.1) is 10.2 Å². The second kappa shape index (κ2) is 8.40. The third-order valence-electron chi connectivity index (χ3n) is 5.26. The molecule has 1 unspecified atom stereocenters. The molecule has 1 aliphatic rings. The number of alkyl halides is 3. The molecule has 1 aliphatic heterocycles. The first kappa shape index (κ1) is 21.5. The molecular formula is C21H17F3N4O4. The molecule has 0 spiro atoms. The first-order chi connectivity index (χ1) is 15.2. The van der Waals surface area contributed by atoms with Crippen LogP contribution >= 0.6 is 0 Å². The summed E-state index contributed by atoms with van der Waals surface area (Å²) in [6, 6.07) is 9.95. The number of aromatic nitrogens is 2. The topological polar surface area (TPSA) is 102 Å². The zero-order valence-electron chi connectivity index (χ0n) is 16.6. The van der Waals surface area contributed by atoms with Gasteiger partial charge in [-0.05, 0) is 43.2 Å². The van der Waals surface area contributed by atoms with Crippen LogP contribution in [0.5, 0.6) is 0 Å². The number of carbonyl (C=O) groups is 1. The van der Waals surface area contributed by atoms with Crippen molar-refractivity contribution in [2.24, 2.45) is 0 Å². The zero-order chi connectivity index (χ0) is 22.9. The Morgan fingerprint density at radius 2 is 1.91 bits per heavy atom. The van der Waals surface area contributed by atoms with E-state index in [9.17, 15) is 28.1 Å². The Bertz CT molecular complexity index is 1140. The minimum Gasteiger partial charge on any atom is -0.420 e. The maximum absolute atomic E-state index is 12.8. The van der Waals surface area contributed by atoms with Crippen molar-refractivity contribution < 1.29 is 27.3 Å². The van der Waals surface area contributed by atoms with Crippen LogP contribution in [0.3, 0.4) is 0 Å². The maximum atomic E-state index is 12.8. The molecule has 11 heteroatoms. The van der Waals surface area contributed by atoms with Crippen molar-refractivity contribution in [1.82, 2.24) is 15.1 Å². The average Bonchev–Trinajstić information content (AvgIpc) is 3.29. The van der Waals surface area contributed by atoms with Gasteiger partial charge >= 0.3 is 6.18 Å². The van der Waals surface area contributed by atoms with Crippen LogP contribution < -0.4 is 0 Å². The first-order valence-electron chi connectivity index (χ1n) is 9.77. The summed E-state index contributed by atoms with van der Waals surface area (Å²) >= 11 is 0. The average molecular weight is 446 g/mol. The lowest BCUT2D eigenvalue weighted by Crippen LogP contribution is -2.39. The highest BCUT2D eigenvalue weighted by Gasteiger charge is 2.31. The Balaban J connectivity index is 1.48. The Morgan fingerprint density at radius 1 is 1.16 bits per heavy atom. The van der Waals surface area contributed by atoms with Crippen molar-refractivity contribution >= 4 is 11.6 Å². The molecule has 1 aromatic heterocycles. The van der Waals surface area contributed by atoms with Gasteiger partial charge in [0, 0.05) is 36.3 Å². The summed E-state index contributed by atoms with van der Waals surface area (Å²) in [5.74, 6) is -0.199. The molecular weight excluding hydrogens is 429 g/mol. The van der Waals surface area contributed by atoms with Crippen molar-refractivity contribution in [3.05, 3.63) is 75.7 Å². The molecule has 1 atom stereocenters. The molecule has 1 amide bonds. The van der Waals surface area contributed by atoms with Gasteiger partial charge in [-0.2, -0.15) is 13.2 Å². The highest BCUT2D eigenvalue weighted by Crippen LogP contribution is 2.32. The quantitative estimate of drug-likeness (QED) is 0.426.